The normalized spacial score (nSPS) is 12.3. The molecule has 0 saturated heterocycles. The zero-order valence-corrected chi connectivity index (χ0v) is 12.9. The number of unbranched alkanes of at least 4 members (excludes halogenated alkanes) is 1. The second-order valence-corrected chi connectivity index (χ2v) is 6.60. The van der Waals surface area contributed by atoms with Gasteiger partial charge in [0.2, 0.25) is 0 Å². The van der Waals surface area contributed by atoms with Gasteiger partial charge >= 0.3 is 0 Å². The Hall–Kier alpha value is -0.920. The van der Waals surface area contributed by atoms with E-state index in [2.05, 4.69) is 20.2 Å². The minimum atomic E-state index is -3.52. The Morgan fingerprint density at radius 3 is 2.63 bits per heavy atom. The summed E-state index contributed by atoms with van der Waals surface area (Å²) in [4.78, 5) is 0. The van der Waals surface area contributed by atoms with Crippen molar-refractivity contribution in [3.63, 3.8) is 0 Å². The van der Waals surface area contributed by atoms with E-state index in [1.165, 1.54) is 0 Å². The first-order chi connectivity index (χ1) is 8.88. The Labute approximate surface area is 115 Å². The van der Waals surface area contributed by atoms with Crippen LogP contribution in [0.3, 0.4) is 0 Å². The Morgan fingerprint density at radius 2 is 2.05 bits per heavy atom. The Bertz CT molecular complexity index is 494. The van der Waals surface area contributed by atoms with Crippen LogP contribution < -0.4 is 10.0 Å². The first-order valence-electron chi connectivity index (χ1n) is 6.65. The molecule has 0 spiro atoms. The molecule has 1 aromatic rings. The van der Waals surface area contributed by atoms with Gasteiger partial charge in [-0.05, 0) is 13.3 Å². The summed E-state index contributed by atoms with van der Waals surface area (Å²) < 4.78 is 26.9. The minimum Gasteiger partial charge on any atom is -0.310 e. The zero-order valence-electron chi connectivity index (χ0n) is 12.1. The maximum absolute atomic E-state index is 12.2. The molecule has 1 rings (SSSR count). The third-order valence-electron chi connectivity index (χ3n) is 2.80. The maximum Gasteiger partial charge on any atom is 0.260 e. The van der Waals surface area contributed by atoms with E-state index in [0.29, 0.717) is 18.7 Å². The number of H-pyrrole nitrogens is 1. The van der Waals surface area contributed by atoms with Gasteiger partial charge in [-0.1, -0.05) is 27.2 Å². The summed E-state index contributed by atoms with van der Waals surface area (Å²) in [6.45, 7) is 8.82. The molecule has 3 N–H and O–H groups in total. The third-order valence-corrected chi connectivity index (χ3v) is 4.23. The molecule has 110 valence electrons. The van der Waals surface area contributed by atoms with Gasteiger partial charge in [0.05, 0.1) is 0 Å². The lowest BCUT2D eigenvalue weighted by Crippen LogP contribution is -2.28. The highest BCUT2D eigenvalue weighted by Gasteiger charge is 2.23. The quantitative estimate of drug-likeness (QED) is 0.629. The molecular weight excluding hydrogens is 264 g/mol. The maximum atomic E-state index is 12.2. The van der Waals surface area contributed by atoms with E-state index >= 15 is 0 Å². The number of aryl methyl sites for hydroxylation is 1. The topological polar surface area (TPSA) is 86.9 Å². The van der Waals surface area contributed by atoms with Crippen LogP contribution in [0.5, 0.6) is 0 Å². The number of aromatic nitrogens is 2. The molecule has 0 amide bonds. The molecule has 6 nitrogen and oxygen atoms in total. The van der Waals surface area contributed by atoms with Crippen LogP contribution in [0.4, 0.5) is 0 Å². The molecule has 0 fully saturated rings. The van der Waals surface area contributed by atoms with E-state index in [1.807, 2.05) is 27.7 Å². The molecule has 1 heterocycles. The Balaban J connectivity index is 2.87. The average Bonchev–Trinajstić information content (AvgIpc) is 2.69. The Kier molecular flexibility index (Phi) is 5.96. The first kappa shape index (κ1) is 16.1. The van der Waals surface area contributed by atoms with Crippen molar-refractivity contribution in [3.8, 4) is 0 Å². The molecule has 0 aliphatic heterocycles. The van der Waals surface area contributed by atoms with Crippen molar-refractivity contribution >= 4 is 10.0 Å². The number of nitrogens with zero attached hydrogens (tertiary/aromatic N) is 1. The fraction of sp³-hybridized carbons (Fsp3) is 0.750. The molecule has 0 aromatic carbocycles. The minimum absolute atomic E-state index is 0.106. The molecule has 7 heteroatoms. The lowest BCUT2D eigenvalue weighted by Gasteiger charge is -2.10. The van der Waals surface area contributed by atoms with Crippen molar-refractivity contribution in [1.29, 1.82) is 0 Å². The lowest BCUT2D eigenvalue weighted by atomic mass is 10.2. The van der Waals surface area contributed by atoms with Crippen LogP contribution >= 0.6 is 0 Å². The van der Waals surface area contributed by atoms with E-state index in [-0.39, 0.29) is 11.1 Å². The van der Waals surface area contributed by atoms with Crippen molar-refractivity contribution in [2.45, 2.75) is 58.1 Å². The van der Waals surface area contributed by atoms with E-state index in [9.17, 15) is 8.42 Å². The summed E-state index contributed by atoms with van der Waals surface area (Å²) >= 11 is 0. The summed E-state index contributed by atoms with van der Waals surface area (Å²) in [5.41, 5.74) is 1.49. The van der Waals surface area contributed by atoms with E-state index in [1.54, 1.807) is 0 Å². The van der Waals surface area contributed by atoms with Gasteiger partial charge in [0, 0.05) is 30.4 Å². The highest BCUT2D eigenvalue weighted by Crippen LogP contribution is 2.16. The second kappa shape index (κ2) is 7.02. The average molecular weight is 288 g/mol. The summed E-state index contributed by atoms with van der Waals surface area (Å²) in [5.74, 6) is 0. The SMILES string of the molecule is CCCCNS(=O)(=O)c1n[nH]c(C)c1CNC(C)C. The van der Waals surface area contributed by atoms with Gasteiger partial charge in [-0.2, -0.15) is 5.10 Å². The fourth-order valence-corrected chi connectivity index (χ4v) is 2.88. The molecule has 0 atom stereocenters. The highest BCUT2D eigenvalue weighted by molar-refractivity contribution is 7.89. The van der Waals surface area contributed by atoms with Crippen LogP contribution in [-0.4, -0.2) is 31.2 Å². The fourth-order valence-electron chi connectivity index (χ4n) is 1.62. The first-order valence-corrected chi connectivity index (χ1v) is 8.13. The second-order valence-electron chi connectivity index (χ2n) is 4.92. The molecule has 0 bridgehead atoms. The zero-order chi connectivity index (χ0) is 14.5. The summed E-state index contributed by atoms with van der Waals surface area (Å²) in [6.07, 6.45) is 1.77. The standard InChI is InChI=1S/C12H24N4O2S/c1-5-6-7-14-19(17,18)12-11(8-13-9(2)3)10(4)15-16-12/h9,13-14H,5-8H2,1-4H3,(H,15,16). The van der Waals surface area contributed by atoms with Crippen molar-refractivity contribution in [2.75, 3.05) is 6.54 Å². The third kappa shape index (κ3) is 4.59. The molecule has 19 heavy (non-hydrogen) atoms. The monoisotopic (exact) mass is 288 g/mol. The number of sulfonamides is 1. The largest absolute Gasteiger partial charge is 0.310 e. The van der Waals surface area contributed by atoms with Crippen molar-refractivity contribution < 1.29 is 8.42 Å². The van der Waals surface area contributed by atoms with Crippen LogP contribution in [0.1, 0.15) is 44.9 Å². The van der Waals surface area contributed by atoms with Gasteiger partial charge in [-0.25, -0.2) is 13.1 Å². The van der Waals surface area contributed by atoms with Crippen molar-refractivity contribution in [3.05, 3.63) is 11.3 Å². The van der Waals surface area contributed by atoms with Gasteiger partial charge in [0.25, 0.3) is 10.0 Å². The molecule has 0 unspecified atom stereocenters. The van der Waals surface area contributed by atoms with Gasteiger partial charge < -0.3 is 5.32 Å². The molecule has 0 aliphatic rings. The van der Waals surface area contributed by atoms with E-state index in [4.69, 9.17) is 0 Å². The number of aromatic amines is 1. The van der Waals surface area contributed by atoms with Gasteiger partial charge in [0.1, 0.15) is 0 Å². The number of hydrogen-bond donors (Lipinski definition) is 3. The van der Waals surface area contributed by atoms with E-state index < -0.39 is 10.0 Å². The van der Waals surface area contributed by atoms with Crippen LogP contribution in [-0.2, 0) is 16.6 Å². The summed E-state index contributed by atoms with van der Waals surface area (Å²) in [7, 11) is -3.52. The number of nitrogens with one attached hydrogen (secondary N) is 3. The van der Waals surface area contributed by atoms with E-state index in [0.717, 1.165) is 18.5 Å². The van der Waals surface area contributed by atoms with Gasteiger partial charge in [-0.3, -0.25) is 5.10 Å². The predicted octanol–water partition coefficient (Wildman–Crippen LogP) is 1.29. The number of rotatable bonds is 8. The molecular formula is C12H24N4O2S. The van der Waals surface area contributed by atoms with Crippen LogP contribution in [0, 0.1) is 6.92 Å². The Morgan fingerprint density at radius 1 is 1.37 bits per heavy atom. The summed E-state index contributed by atoms with van der Waals surface area (Å²) in [6, 6.07) is 0.290. The van der Waals surface area contributed by atoms with Crippen molar-refractivity contribution in [1.82, 2.24) is 20.2 Å². The number of hydrogen-bond acceptors (Lipinski definition) is 4. The van der Waals surface area contributed by atoms with Crippen LogP contribution in [0.2, 0.25) is 0 Å². The molecule has 0 radical (unpaired) electrons. The van der Waals surface area contributed by atoms with Crippen LogP contribution in [0.25, 0.3) is 0 Å². The van der Waals surface area contributed by atoms with Gasteiger partial charge in [0.15, 0.2) is 5.03 Å². The van der Waals surface area contributed by atoms with Crippen molar-refractivity contribution in [2.24, 2.45) is 0 Å². The van der Waals surface area contributed by atoms with Crippen LogP contribution in [0.15, 0.2) is 5.03 Å². The summed E-state index contributed by atoms with van der Waals surface area (Å²) in [5, 5.41) is 10.00. The predicted molar refractivity (Wildman–Crippen MR) is 75.4 cm³/mol. The molecule has 1 aromatic heterocycles. The highest BCUT2D eigenvalue weighted by atomic mass is 32.2. The smallest absolute Gasteiger partial charge is 0.260 e. The van der Waals surface area contributed by atoms with Gasteiger partial charge in [-0.15, -0.1) is 0 Å². The lowest BCUT2D eigenvalue weighted by molar-refractivity contribution is 0.562. The molecule has 0 aliphatic carbocycles. The molecule has 0 saturated carbocycles.